The van der Waals surface area contributed by atoms with Crippen LogP contribution in [0.5, 0.6) is 0 Å². The predicted molar refractivity (Wildman–Crippen MR) is 24.6 cm³/mol. The molecule has 0 aromatic rings. The zero-order chi connectivity index (χ0) is 4.00. The van der Waals surface area contributed by atoms with Crippen LogP contribution in [0.4, 0.5) is 0 Å². The maximum atomic E-state index is 7.75. The van der Waals surface area contributed by atoms with Gasteiger partial charge >= 0.3 is 19.5 Å². The van der Waals surface area contributed by atoms with Gasteiger partial charge in [-0.25, -0.2) is 0 Å². The third-order valence-corrected chi connectivity index (χ3v) is 0. The summed E-state index contributed by atoms with van der Waals surface area (Å²) in [5.74, 6) is 0. The van der Waals surface area contributed by atoms with E-state index in [-0.39, 0.29) is 29.4 Å². The van der Waals surface area contributed by atoms with Crippen LogP contribution in [0.3, 0.4) is 0 Å². The van der Waals surface area contributed by atoms with Crippen molar-refractivity contribution in [3.05, 3.63) is 0 Å². The molecule has 4 heteroatoms. The molecule has 1 unspecified atom stereocenters. The minimum Gasteiger partial charge on any atom is -0.545 e. The van der Waals surface area contributed by atoms with Crippen molar-refractivity contribution in [2.75, 3.05) is 0 Å². The second kappa shape index (κ2) is 673. The van der Waals surface area contributed by atoms with E-state index < -0.39 is 0 Å². The summed E-state index contributed by atoms with van der Waals surface area (Å²) in [7, 11) is 0. The number of carbonyl (C=O) groups excluding carboxylic acids is 2. The summed E-state index contributed by atoms with van der Waals surface area (Å²) in [5.41, 5.74) is 0. The average Bonchev–Trinajstić information content (AvgIpc) is 1.50. The predicted octanol–water partition coefficient (Wildman–Crippen LogP) is -0.493. The molecular formula is C2H5O2PRh. The smallest absolute Gasteiger partial charge is 0.545 e. The maximum absolute atomic E-state index is 7.75. The number of hydrogen-bond donors (Lipinski definition) is 0. The van der Waals surface area contributed by atoms with Crippen LogP contribution < -0.4 is 0 Å². The first kappa shape index (κ1) is 32.5. The van der Waals surface area contributed by atoms with Crippen molar-refractivity contribution < 1.29 is 29.1 Å². The molecule has 2 nitrogen and oxygen atoms in total. The van der Waals surface area contributed by atoms with Gasteiger partial charge in [-0.1, -0.05) is 0 Å². The van der Waals surface area contributed by atoms with Crippen LogP contribution in [0.1, 0.15) is 0 Å². The van der Waals surface area contributed by atoms with Gasteiger partial charge in [0.15, 0.2) is 0 Å². The number of rotatable bonds is 0. The molecular weight excluding hydrogens is 190 g/mol. The van der Waals surface area contributed by atoms with Crippen LogP contribution in [-0.4, -0.2) is 13.6 Å². The molecule has 0 heterocycles. The standard InChI is InChI=1S/2CHO.H3P.Rh/c2*1-2;;/h2*1H;1H3;/q2*-1;;+2. The Morgan fingerprint density at radius 2 is 0.833 bits per heavy atom. The topological polar surface area (TPSA) is 34.1 Å². The molecule has 0 N–H and O–H groups in total. The minimum atomic E-state index is 0. The summed E-state index contributed by atoms with van der Waals surface area (Å²) < 4.78 is 0. The van der Waals surface area contributed by atoms with Gasteiger partial charge in [0.1, 0.15) is 0 Å². The van der Waals surface area contributed by atoms with E-state index in [0.29, 0.717) is 0 Å². The molecule has 0 saturated heterocycles. The molecule has 0 fully saturated rings. The van der Waals surface area contributed by atoms with E-state index in [1.807, 2.05) is 0 Å². The Bertz CT molecular complexity index is 13.5. The molecule has 0 aromatic heterocycles. The molecule has 6 heavy (non-hydrogen) atoms. The van der Waals surface area contributed by atoms with Crippen molar-refractivity contribution in [2.24, 2.45) is 0 Å². The molecule has 0 rings (SSSR count). The van der Waals surface area contributed by atoms with Crippen LogP contribution in [0.15, 0.2) is 0 Å². The Morgan fingerprint density at radius 1 is 0.833 bits per heavy atom. The van der Waals surface area contributed by atoms with Crippen molar-refractivity contribution in [2.45, 2.75) is 0 Å². The summed E-state index contributed by atoms with van der Waals surface area (Å²) >= 11 is 0. The van der Waals surface area contributed by atoms with E-state index in [4.69, 9.17) is 9.59 Å². The molecule has 0 spiro atoms. The van der Waals surface area contributed by atoms with Gasteiger partial charge in [0.25, 0.3) is 0 Å². The summed E-state index contributed by atoms with van der Waals surface area (Å²) in [4.78, 5) is 15.5. The average molecular weight is 195 g/mol. The molecule has 0 aromatic carbocycles. The third kappa shape index (κ3) is 327. The molecule has 0 aliphatic rings. The van der Waals surface area contributed by atoms with Crippen molar-refractivity contribution >= 4 is 23.5 Å². The monoisotopic (exact) mass is 195 g/mol. The second-order valence-corrected chi connectivity index (χ2v) is 0. The molecule has 1 radical (unpaired) electrons. The summed E-state index contributed by atoms with van der Waals surface area (Å²) in [6.45, 7) is 6.50. The van der Waals surface area contributed by atoms with E-state index >= 15 is 0 Å². The molecule has 0 aliphatic carbocycles. The van der Waals surface area contributed by atoms with Crippen molar-refractivity contribution in [1.82, 2.24) is 0 Å². The Balaban J connectivity index is -0.00000000500. The molecule has 0 amide bonds. The van der Waals surface area contributed by atoms with E-state index in [2.05, 4.69) is 13.6 Å². The second-order valence-electron chi connectivity index (χ2n) is 0. The normalized spacial score (nSPS) is 1.33. The van der Waals surface area contributed by atoms with Crippen LogP contribution in [-0.2, 0) is 29.1 Å². The van der Waals surface area contributed by atoms with Gasteiger partial charge < -0.3 is 9.59 Å². The molecule has 0 saturated carbocycles. The van der Waals surface area contributed by atoms with E-state index in [1.54, 1.807) is 0 Å². The van der Waals surface area contributed by atoms with E-state index in [1.165, 1.54) is 0 Å². The quantitative estimate of drug-likeness (QED) is 0.226. The fourth-order valence-electron chi connectivity index (χ4n) is 0. The van der Waals surface area contributed by atoms with Crippen LogP contribution in [0.2, 0.25) is 0 Å². The van der Waals surface area contributed by atoms with Crippen LogP contribution >= 0.6 is 9.90 Å². The fourth-order valence-corrected chi connectivity index (χ4v) is 0. The van der Waals surface area contributed by atoms with Gasteiger partial charge in [0, 0.05) is 0 Å². The molecule has 1 atom stereocenters. The summed E-state index contributed by atoms with van der Waals surface area (Å²) in [5, 5.41) is 0. The van der Waals surface area contributed by atoms with Gasteiger partial charge in [-0.05, 0) is 0 Å². The van der Waals surface area contributed by atoms with Crippen molar-refractivity contribution in [3.63, 3.8) is 0 Å². The Morgan fingerprint density at radius 3 is 0.833 bits per heavy atom. The van der Waals surface area contributed by atoms with Crippen molar-refractivity contribution in [3.8, 4) is 0 Å². The Hall–Kier alpha value is 0.393. The van der Waals surface area contributed by atoms with Crippen molar-refractivity contribution in [1.29, 1.82) is 0 Å². The van der Waals surface area contributed by atoms with Gasteiger partial charge in [-0.3, -0.25) is 13.6 Å². The fraction of sp³-hybridized carbons (Fsp3) is 0. The van der Waals surface area contributed by atoms with Crippen LogP contribution in [0.25, 0.3) is 0 Å². The van der Waals surface area contributed by atoms with E-state index in [9.17, 15) is 0 Å². The van der Waals surface area contributed by atoms with Gasteiger partial charge in [0.05, 0.1) is 0 Å². The summed E-state index contributed by atoms with van der Waals surface area (Å²) in [6.07, 6.45) is 0. The third-order valence-electron chi connectivity index (χ3n) is 0. The molecule has 0 bridgehead atoms. The first-order chi connectivity index (χ1) is 2.00. The first-order valence-electron chi connectivity index (χ1n) is 0.471. The van der Waals surface area contributed by atoms with Gasteiger partial charge in [-0.15, -0.1) is 0 Å². The zero-order valence-corrected chi connectivity index (χ0v) is 6.06. The Labute approximate surface area is 53.1 Å². The number of hydrogen-bond acceptors (Lipinski definition) is 2. The van der Waals surface area contributed by atoms with E-state index in [0.717, 1.165) is 0 Å². The van der Waals surface area contributed by atoms with Gasteiger partial charge in [0.2, 0.25) is 0 Å². The first-order valence-corrected chi connectivity index (χ1v) is 0.471. The Kier molecular flexibility index (Phi) is 3640. The molecule has 0 aliphatic heterocycles. The van der Waals surface area contributed by atoms with Crippen LogP contribution in [0, 0.1) is 0 Å². The summed E-state index contributed by atoms with van der Waals surface area (Å²) in [6, 6.07) is 0. The maximum Gasteiger partial charge on any atom is 2.00 e. The largest absolute Gasteiger partial charge is 2.00 e. The molecule has 39 valence electrons. The SMILES string of the molecule is P.[CH-]=O.[CH-]=O.[Rh+2]. The van der Waals surface area contributed by atoms with Gasteiger partial charge in [-0.2, -0.15) is 9.90 Å². The minimum absolute atomic E-state index is 0. The zero-order valence-electron chi connectivity index (χ0n) is 3.01.